The van der Waals surface area contributed by atoms with Crippen molar-refractivity contribution in [3.05, 3.63) is 29.8 Å². The smallest absolute Gasteiger partial charge is 0.111 e. The van der Waals surface area contributed by atoms with E-state index in [1.54, 1.807) is 6.92 Å². The zero-order valence-electron chi connectivity index (χ0n) is 13.8. The molecular formula is C19H27FN2. The highest BCUT2D eigenvalue weighted by Crippen LogP contribution is 2.59. The molecule has 120 valence electrons. The van der Waals surface area contributed by atoms with Crippen LogP contribution in [0.5, 0.6) is 0 Å². The molecule has 3 aliphatic rings. The topological polar surface area (TPSA) is 6.48 Å². The van der Waals surface area contributed by atoms with Crippen LogP contribution in [0, 0.1) is 5.92 Å². The van der Waals surface area contributed by atoms with E-state index in [2.05, 4.69) is 41.0 Å². The quantitative estimate of drug-likeness (QED) is 0.841. The Labute approximate surface area is 133 Å². The monoisotopic (exact) mass is 302 g/mol. The summed E-state index contributed by atoms with van der Waals surface area (Å²) in [6.45, 7) is 9.35. The molecule has 0 spiro atoms. The van der Waals surface area contributed by atoms with Gasteiger partial charge >= 0.3 is 0 Å². The van der Waals surface area contributed by atoms with Crippen LogP contribution in [0.3, 0.4) is 0 Å². The highest BCUT2D eigenvalue weighted by atomic mass is 19.1. The Balaban J connectivity index is 1.46. The van der Waals surface area contributed by atoms with Crippen LogP contribution in [-0.4, -0.2) is 43.3 Å². The predicted molar refractivity (Wildman–Crippen MR) is 89.3 cm³/mol. The number of halogens is 1. The molecular weight excluding hydrogens is 275 g/mol. The largest absolute Gasteiger partial charge is 0.371 e. The summed E-state index contributed by atoms with van der Waals surface area (Å²) in [6, 6.07) is 9.18. The molecule has 2 unspecified atom stereocenters. The fraction of sp³-hybridized carbons (Fsp3) is 0.684. The minimum atomic E-state index is -0.968. The van der Waals surface area contributed by atoms with Crippen molar-refractivity contribution in [3.63, 3.8) is 0 Å². The normalized spacial score (nSPS) is 33.8. The van der Waals surface area contributed by atoms with Crippen LogP contribution < -0.4 is 4.90 Å². The van der Waals surface area contributed by atoms with Gasteiger partial charge in [-0.3, -0.25) is 0 Å². The highest BCUT2D eigenvalue weighted by Gasteiger charge is 2.60. The molecule has 2 atom stereocenters. The minimum absolute atomic E-state index is 0.452. The fourth-order valence-electron chi connectivity index (χ4n) is 4.51. The Morgan fingerprint density at radius 1 is 1.18 bits per heavy atom. The highest BCUT2D eigenvalue weighted by molar-refractivity contribution is 5.51. The summed E-state index contributed by atoms with van der Waals surface area (Å²) in [5, 5.41) is 0. The molecule has 2 saturated heterocycles. The number of benzene rings is 1. The number of nitrogens with zero attached hydrogens (tertiary/aromatic N) is 2. The minimum Gasteiger partial charge on any atom is -0.371 e. The average Bonchev–Trinajstić information content (AvgIpc) is 3.09. The molecule has 3 heteroatoms. The standard InChI is InChI=1S/C19H27FN2/c1-3-21-13-16-12-19(16,14-21)15-4-6-17(7-5-15)22-10-8-18(2,20)9-11-22/h4-7,16H,3,8-14H2,1-2H3. The van der Waals surface area contributed by atoms with E-state index < -0.39 is 5.67 Å². The van der Waals surface area contributed by atoms with Gasteiger partial charge in [0.05, 0.1) is 0 Å². The van der Waals surface area contributed by atoms with Crippen LogP contribution >= 0.6 is 0 Å². The van der Waals surface area contributed by atoms with Crippen molar-refractivity contribution in [3.8, 4) is 0 Å². The number of likely N-dealkylation sites (N-methyl/N-ethyl adjacent to an activating group) is 1. The van der Waals surface area contributed by atoms with Gasteiger partial charge in [-0.2, -0.15) is 0 Å². The van der Waals surface area contributed by atoms with Crippen molar-refractivity contribution >= 4 is 5.69 Å². The van der Waals surface area contributed by atoms with Crippen molar-refractivity contribution in [2.24, 2.45) is 5.92 Å². The maximum Gasteiger partial charge on any atom is 0.111 e. The van der Waals surface area contributed by atoms with E-state index in [1.807, 2.05) is 0 Å². The van der Waals surface area contributed by atoms with Gasteiger partial charge < -0.3 is 9.80 Å². The van der Waals surface area contributed by atoms with Gasteiger partial charge in [0.2, 0.25) is 0 Å². The summed E-state index contributed by atoms with van der Waals surface area (Å²) in [5.74, 6) is 0.875. The van der Waals surface area contributed by atoms with Crippen LogP contribution in [0.15, 0.2) is 24.3 Å². The average molecular weight is 302 g/mol. The molecule has 2 nitrogen and oxygen atoms in total. The van der Waals surface area contributed by atoms with Crippen LogP contribution in [0.25, 0.3) is 0 Å². The molecule has 4 rings (SSSR count). The van der Waals surface area contributed by atoms with Crippen LogP contribution in [0.4, 0.5) is 10.1 Å². The fourth-order valence-corrected chi connectivity index (χ4v) is 4.51. The third-order valence-corrected chi connectivity index (χ3v) is 6.28. The van der Waals surface area contributed by atoms with Gasteiger partial charge in [0, 0.05) is 37.3 Å². The molecule has 3 fully saturated rings. The van der Waals surface area contributed by atoms with E-state index in [4.69, 9.17) is 0 Å². The van der Waals surface area contributed by atoms with E-state index in [-0.39, 0.29) is 0 Å². The molecule has 0 radical (unpaired) electrons. The SMILES string of the molecule is CCN1CC2CC2(c2ccc(N3CCC(C)(F)CC3)cc2)C1. The van der Waals surface area contributed by atoms with E-state index >= 15 is 0 Å². The number of rotatable bonds is 3. The Kier molecular flexibility index (Phi) is 3.26. The molecule has 1 saturated carbocycles. The molecule has 2 aliphatic heterocycles. The molecule has 0 aromatic heterocycles. The van der Waals surface area contributed by atoms with Gasteiger partial charge in [0.25, 0.3) is 0 Å². The lowest BCUT2D eigenvalue weighted by molar-refractivity contribution is 0.149. The van der Waals surface area contributed by atoms with Gasteiger partial charge in [-0.05, 0) is 56.3 Å². The van der Waals surface area contributed by atoms with Crippen LogP contribution in [-0.2, 0) is 5.41 Å². The Morgan fingerprint density at radius 3 is 2.45 bits per heavy atom. The Hall–Kier alpha value is -1.09. The molecule has 0 bridgehead atoms. The Bertz CT molecular complexity index is 543. The summed E-state index contributed by atoms with van der Waals surface area (Å²) in [4.78, 5) is 4.91. The van der Waals surface area contributed by atoms with Crippen molar-refractivity contribution < 1.29 is 4.39 Å². The predicted octanol–water partition coefficient (Wildman–Crippen LogP) is 3.61. The van der Waals surface area contributed by atoms with Gasteiger partial charge in [-0.25, -0.2) is 4.39 Å². The van der Waals surface area contributed by atoms with Crippen molar-refractivity contribution in [1.29, 1.82) is 0 Å². The third kappa shape index (κ3) is 2.34. The molecule has 0 amide bonds. The van der Waals surface area contributed by atoms with E-state index in [9.17, 15) is 4.39 Å². The molecule has 2 heterocycles. The summed E-state index contributed by atoms with van der Waals surface area (Å²) in [5.41, 5.74) is 2.26. The zero-order valence-corrected chi connectivity index (χ0v) is 13.8. The summed E-state index contributed by atoms with van der Waals surface area (Å²) in [6.07, 6.45) is 2.66. The van der Waals surface area contributed by atoms with Crippen molar-refractivity contribution in [2.45, 2.75) is 44.2 Å². The molecule has 0 N–H and O–H groups in total. The number of fused-ring (bicyclic) bond motifs is 1. The van der Waals surface area contributed by atoms with E-state index in [0.29, 0.717) is 18.3 Å². The molecule has 1 aromatic carbocycles. The van der Waals surface area contributed by atoms with Crippen LogP contribution in [0.1, 0.15) is 38.7 Å². The first-order valence-corrected chi connectivity index (χ1v) is 8.79. The molecule has 22 heavy (non-hydrogen) atoms. The third-order valence-electron chi connectivity index (χ3n) is 6.28. The zero-order chi connectivity index (χ0) is 15.4. The first-order valence-electron chi connectivity index (χ1n) is 8.79. The number of anilines is 1. The second-order valence-electron chi connectivity index (χ2n) is 7.83. The lowest BCUT2D eigenvalue weighted by Crippen LogP contribution is -2.40. The molecule has 1 aromatic rings. The van der Waals surface area contributed by atoms with E-state index in [1.165, 1.54) is 37.3 Å². The second kappa shape index (κ2) is 4.95. The van der Waals surface area contributed by atoms with Gasteiger partial charge in [0.15, 0.2) is 0 Å². The number of piperidine rings is 2. The Morgan fingerprint density at radius 2 is 1.86 bits per heavy atom. The van der Waals surface area contributed by atoms with Crippen molar-refractivity contribution in [1.82, 2.24) is 4.90 Å². The number of likely N-dealkylation sites (tertiary alicyclic amines) is 1. The van der Waals surface area contributed by atoms with Crippen molar-refractivity contribution in [2.75, 3.05) is 37.6 Å². The van der Waals surface area contributed by atoms with Crippen LogP contribution in [0.2, 0.25) is 0 Å². The van der Waals surface area contributed by atoms with Gasteiger partial charge in [-0.1, -0.05) is 19.1 Å². The summed E-state index contributed by atoms with van der Waals surface area (Å²) >= 11 is 0. The maximum absolute atomic E-state index is 13.9. The maximum atomic E-state index is 13.9. The number of hydrogen-bond acceptors (Lipinski definition) is 2. The summed E-state index contributed by atoms with van der Waals surface area (Å²) in [7, 11) is 0. The first kappa shape index (κ1) is 14.5. The van der Waals surface area contributed by atoms with E-state index in [0.717, 1.165) is 19.0 Å². The van der Waals surface area contributed by atoms with Gasteiger partial charge in [0.1, 0.15) is 5.67 Å². The lowest BCUT2D eigenvalue weighted by Gasteiger charge is -2.35. The number of alkyl halides is 1. The second-order valence-corrected chi connectivity index (χ2v) is 7.83. The first-order chi connectivity index (χ1) is 10.5. The number of hydrogen-bond donors (Lipinski definition) is 0. The molecule has 1 aliphatic carbocycles. The lowest BCUT2D eigenvalue weighted by atomic mass is 9.93. The van der Waals surface area contributed by atoms with Gasteiger partial charge in [-0.15, -0.1) is 0 Å². The summed E-state index contributed by atoms with van der Waals surface area (Å²) < 4.78 is 13.9.